The predicted molar refractivity (Wildman–Crippen MR) is 216 cm³/mol. The average Bonchev–Trinajstić information content (AvgIpc) is 3.14. The van der Waals surface area contributed by atoms with Crippen LogP contribution in [0.2, 0.25) is 25.7 Å². The largest absolute Gasteiger partial charge is 0.490 e. The predicted octanol–water partition coefficient (Wildman–Crippen LogP) is 9.82. The second-order valence-electron chi connectivity index (χ2n) is 15.8. The molecule has 54 heavy (non-hydrogen) atoms. The molecule has 4 aromatic carbocycles. The summed E-state index contributed by atoms with van der Waals surface area (Å²) in [6.45, 7) is 15.0. The van der Waals surface area contributed by atoms with Crippen molar-refractivity contribution in [2.75, 3.05) is 39.7 Å². The van der Waals surface area contributed by atoms with E-state index in [0.717, 1.165) is 39.3 Å². The highest BCUT2D eigenvalue weighted by Crippen LogP contribution is 2.34. The number of carbonyl (C=O) groups is 2. The Morgan fingerprint density at radius 3 is 2.37 bits per heavy atom. The van der Waals surface area contributed by atoms with Gasteiger partial charge in [-0.3, -0.25) is 0 Å². The van der Waals surface area contributed by atoms with Crippen LogP contribution in [0, 0.1) is 0 Å². The number of piperidine rings is 1. The highest BCUT2D eigenvalue weighted by Gasteiger charge is 2.35. The lowest BCUT2D eigenvalue weighted by Gasteiger charge is -2.39. The van der Waals surface area contributed by atoms with E-state index < -0.39 is 19.6 Å². The van der Waals surface area contributed by atoms with E-state index in [9.17, 15) is 9.59 Å². The van der Waals surface area contributed by atoms with Gasteiger partial charge >= 0.3 is 12.1 Å². The molecule has 0 radical (unpaired) electrons. The molecular weight excluding hydrogens is 722 g/mol. The molecular formula is C43H54ClNO8Si. The Morgan fingerprint density at radius 2 is 1.63 bits per heavy atom. The zero-order chi connectivity index (χ0) is 38.7. The Hall–Kier alpha value is -4.09. The van der Waals surface area contributed by atoms with Crippen molar-refractivity contribution in [3.8, 4) is 11.5 Å². The Morgan fingerprint density at radius 1 is 0.889 bits per heavy atom. The zero-order valence-corrected chi connectivity index (χ0v) is 34.2. The van der Waals surface area contributed by atoms with E-state index in [1.54, 1.807) is 23.1 Å². The van der Waals surface area contributed by atoms with Gasteiger partial charge < -0.3 is 33.3 Å². The van der Waals surface area contributed by atoms with Crippen LogP contribution in [0.1, 0.15) is 60.2 Å². The molecule has 0 aromatic heterocycles. The van der Waals surface area contributed by atoms with Gasteiger partial charge in [-0.05, 0) is 85.6 Å². The summed E-state index contributed by atoms with van der Waals surface area (Å²) in [5.74, 6) is 1.24. The maximum Gasteiger partial charge on any atom is 0.410 e. The minimum atomic E-state index is -1.20. The maximum atomic E-state index is 13.2. The normalized spacial score (nSPS) is 16.2. The number of hydrogen-bond acceptors (Lipinski definition) is 8. The summed E-state index contributed by atoms with van der Waals surface area (Å²) < 4.78 is 35.8. The quantitative estimate of drug-likeness (QED) is 0.0365. The first-order valence-corrected chi connectivity index (χ1v) is 22.9. The lowest BCUT2D eigenvalue weighted by Crippen LogP contribution is -2.48. The van der Waals surface area contributed by atoms with Gasteiger partial charge in [0.15, 0.2) is 6.79 Å². The molecule has 2 unspecified atom stereocenters. The van der Waals surface area contributed by atoms with Crippen LogP contribution in [0.4, 0.5) is 4.79 Å². The van der Waals surface area contributed by atoms with Crippen LogP contribution >= 0.6 is 11.6 Å². The first-order chi connectivity index (χ1) is 25.8. The highest BCUT2D eigenvalue weighted by atomic mass is 35.5. The van der Waals surface area contributed by atoms with Crippen molar-refractivity contribution in [3.63, 3.8) is 0 Å². The number of ether oxygens (including phenoxy) is 6. The van der Waals surface area contributed by atoms with Gasteiger partial charge in [0.1, 0.15) is 30.3 Å². The number of esters is 1. The minimum Gasteiger partial charge on any atom is -0.490 e. The number of carbonyl (C=O) groups excluding carboxylic acids is 2. The van der Waals surface area contributed by atoms with E-state index >= 15 is 0 Å². The van der Waals surface area contributed by atoms with Gasteiger partial charge in [0.2, 0.25) is 0 Å². The standard InChI is InChI=1S/C43H54ClNO8Si/c1-43(2,3)53-42(47)45-20-19-37(32-15-17-35(18-16-32)49-21-22-50-41(46)38-14-10-8-12-34(38)27-44)40(28-45)51-29-31-25-33-11-7-9-13-36(33)39(26-31)52-30-48-23-24-54(4,5)6/h7-18,25-26,37,40H,19-24,27-30H2,1-6H3. The average molecular weight is 776 g/mol. The van der Waals surface area contributed by atoms with Gasteiger partial charge in [-0.1, -0.05) is 74.2 Å². The third-order valence-electron chi connectivity index (χ3n) is 9.13. The number of amides is 1. The third kappa shape index (κ3) is 12.2. The highest BCUT2D eigenvalue weighted by molar-refractivity contribution is 6.76. The molecule has 1 heterocycles. The van der Waals surface area contributed by atoms with Crippen LogP contribution < -0.4 is 9.47 Å². The van der Waals surface area contributed by atoms with Crippen molar-refractivity contribution in [3.05, 3.63) is 107 Å². The Bertz CT molecular complexity index is 1840. The maximum absolute atomic E-state index is 13.2. The SMILES string of the molecule is CC(C)(C)OC(=O)N1CCC(c2ccc(OCCOC(=O)c3ccccc3CCl)cc2)C(OCc2cc(OCOCC[Si](C)(C)C)c3ccccc3c2)C1. The van der Waals surface area contributed by atoms with Gasteiger partial charge in [0, 0.05) is 38.4 Å². The summed E-state index contributed by atoms with van der Waals surface area (Å²) >= 11 is 5.97. The van der Waals surface area contributed by atoms with Crippen molar-refractivity contribution in [2.45, 2.75) is 83.0 Å². The fraction of sp³-hybridized carbons (Fsp3) is 0.442. The molecule has 0 N–H and O–H groups in total. The Kier molecular flexibility index (Phi) is 14.4. The van der Waals surface area contributed by atoms with E-state index in [1.165, 1.54) is 0 Å². The molecule has 290 valence electrons. The number of halogens is 1. The van der Waals surface area contributed by atoms with Crippen LogP contribution in [0.25, 0.3) is 10.8 Å². The van der Waals surface area contributed by atoms with Gasteiger partial charge in [0.05, 0.1) is 24.8 Å². The smallest absolute Gasteiger partial charge is 0.410 e. The first-order valence-electron chi connectivity index (χ1n) is 18.6. The molecule has 0 bridgehead atoms. The molecule has 0 aliphatic carbocycles. The van der Waals surface area contributed by atoms with Gasteiger partial charge in [-0.25, -0.2) is 9.59 Å². The van der Waals surface area contributed by atoms with E-state index in [4.69, 9.17) is 40.0 Å². The molecule has 9 nitrogen and oxygen atoms in total. The first kappa shape index (κ1) is 41.1. The third-order valence-corrected chi connectivity index (χ3v) is 11.1. The summed E-state index contributed by atoms with van der Waals surface area (Å²) in [4.78, 5) is 27.4. The molecule has 11 heteroatoms. The minimum absolute atomic E-state index is 0.0247. The zero-order valence-electron chi connectivity index (χ0n) is 32.4. The van der Waals surface area contributed by atoms with Crippen LogP contribution in [0.3, 0.4) is 0 Å². The number of benzene rings is 4. The van der Waals surface area contributed by atoms with Gasteiger partial charge in [-0.15, -0.1) is 11.6 Å². The van der Waals surface area contributed by atoms with Crippen molar-refractivity contribution in [1.82, 2.24) is 4.90 Å². The molecule has 1 saturated heterocycles. The number of alkyl halides is 1. The van der Waals surface area contributed by atoms with Crippen molar-refractivity contribution >= 4 is 42.5 Å². The number of nitrogens with zero attached hydrogens (tertiary/aromatic N) is 1. The lowest BCUT2D eigenvalue weighted by molar-refractivity contribution is -0.0360. The van der Waals surface area contributed by atoms with Crippen LogP contribution in [0.15, 0.2) is 84.9 Å². The molecule has 1 fully saturated rings. The molecule has 0 spiro atoms. The number of fused-ring (bicyclic) bond motifs is 1. The Balaban J connectivity index is 1.24. The summed E-state index contributed by atoms with van der Waals surface area (Å²) in [6.07, 6.45) is 0.0553. The molecule has 1 aliphatic heterocycles. The summed E-state index contributed by atoms with van der Waals surface area (Å²) in [7, 11) is -1.20. The van der Waals surface area contributed by atoms with E-state index in [2.05, 4.69) is 37.8 Å². The van der Waals surface area contributed by atoms with E-state index in [0.29, 0.717) is 44.0 Å². The summed E-state index contributed by atoms with van der Waals surface area (Å²) in [6, 6.07) is 28.4. The van der Waals surface area contributed by atoms with Crippen LogP contribution in [-0.2, 0) is 31.4 Å². The second-order valence-corrected chi connectivity index (χ2v) is 21.7. The lowest BCUT2D eigenvalue weighted by atomic mass is 9.87. The summed E-state index contributed by atoms with van der Waals surface area (Å²) in [5.41, 5.74) is 2.63. The van der Waals surface area contributed by atoms with Crippen LogP contribution in [0.5, 0.6) is 11.5 Å². The Labute approximate surface area is 325 Å². The van der Waals surface area contributed by atoms with Crippen molar-refractivity contribution in [1.29, 1.82) is 0 Å². The molecule has 5 rings (SSSR count). The van der Waals surface area contributed by atoms with Crippen molar-refractivity contribution < 1.29 is 38.0 Å². The number of rotatable bonds is 16. The number of likely N-dealkylation sites (tertiary alicyclic amines) is 1. The summed E-state index contributed by atoms with van der Waals surface area (Å²) in [5, 5.41) is 2.07. The molecule has 1 amide bonds. The number of hydrogen-bond donors (Lipinski definition) is 0. The molecule has 4 aromatic rings. The van der Waals surface area contributed by atoms with E-state index in [-0.39, 0.29) is 44.0 Å². The van der Waals surface area contributed by atoms with Crippen molar-refractivity contribution in [2.24, 2.45) is 0 Å². The molecule has 0 saturated carbocycles. The van der Waals surface area contributed by atoms with Gasteiger partial charge in [-0.2, -0.15) is 0 Å². The molecule has 2 atom stereocenters. The van der Waals surface area contributed by atoms with Gasteiger partial charge in [0.25, 0.3) is 0 Å². The molecule has 1 aliphatic rings. The second kappa shape index (κ2) is 19.0. The fourth-order valence-corrected chi connectivity index (χ4v) is 7.25. The van der Waals surface area contributed by atoms with E-state index in [1.807, 2.05) is 69.3 Å². The topological polar surface area (TPSA) is 92.8 Å². The van der Waals surface area contributed by atoms with Crippen LogP contribution in [-0.4, -0.2) is 76.4 Å². The monoisotopic (exact) mass is 775 g/mol. The fourth-order valence-electron chi connectivity index (χ4n) is 6.26.